The topological polar surface area (TPSA) is 35.2 Å². The van der Waals surface area contributed by atoms with Gasteiger partial charge < -0.3 is 10.5 Å². The summed E-state index contributed by atoms with van der Waals surface area (Å²) in [5, 5.41) is 0. The molecule has 0 saturated carbocycles. The van der Waals surface area contributed by atoms with Crippen molar-refractivity contribution in [2.24, 2.45) is 5.73 Å². The fraction of sp³-hybridized carbons (Fsp3) is 0.222. The van der Waals surface area contributed by atoms with Gasteiger partial charge in [0.05, 0.1) is 7.11 Å². The Hall–Kier alpha value is -2.06. The lowest BCUT2D eigenvalue weighted by Crippen LogP contribution is -2.11. The van der Waals surface area contributed by atoms with E-state index >= 15 is 0 Å². The summed E-state index contributed by atoms with van der Waals surface area (Å²) in [7, 11) is 1.69. The summed E-state index contributed by atoms with van der Waals surface area (Å²) in [6.45, 7) is 0. The van der Waals surface area contributed by atoms with Crippen LogP contribution in [0.25, 0.3) is 16.7 Å². The summed E-state index contributed by atoms with van der Waals surface area (Å²) < 4.78 is 5.27. The van der Waals surface area contributed by atoms with Crippen LogP contribution in [0.5, 0.6) is 5.75 Å². The molecule has 0 aromatic heterocycles. The molecular formula is C18H19NO. The zero-order valence-electron chi connectivity index (χ0n) is 11.7. The molecular weight excluding hydrogens is 246 g/mol. The highest BCUT2D eigenvalue weighted by atomic mass is 16.5. The average molecular weight is 265 g/mol. The van der Waals surface area contributed by atoms with Crippen LogP contribution in [0.1, 0.15) is 18.4 Å². The lowest BCUT2D eigenvalue weighted by atomic mass is 10.00. The van der Waals surface area contributed by atoms with Crippen molar-refractivity contribution in [3.63, 3.8) is 0 Å². The third-order valence-electron chi connectivity index (χ3n) is 3.82. The second-order valence-corrected chi connectivity index (χ2v) is 5.20. The Labute approximate surface area is 119 Å². The van der Waals surface area contributed by atoms with Crippen LogP contribution in [0.4, 0.5) is 0 Å². The second-order valence-electron chi connectivity index (χ2n) is 5.20. The summed E-state index contributed by atoms with van der Waals surface area (Å²) in [4.78, 5) is 0. The smallest absolute Gasteiger partial charge is 0.119 e. The molecule has 0 heterocycles. The molecule has 0 spiro atoms. The number of nitrogens with two attached hydrogens (primary N) is 1. The monoisotopic (exact) mass is 265 g/mol. The van der Waals surface area contributed by atoms with Crippen molar-refractivity contribution >= 4 is 5.57 Å². The van der Waals surface area contributed by atoms with Crippen LogP contribution in [0, 0.1) is 0 Å². The molecule has 20 heavy (non-hydrogen) atoms. The van der Waals surface area contributed by atoms with Crippen LogP contribution in [0.2, 0.25) is 0 Å². The van der Waals surface area contributed by atoms with Crippen LogP contribution in [0.15, 0.2) is 54.6 Å². The number of methoxy groups -OCH3 is 1. The van der Waals surface area contributed by atoms with Gasteiger partial charge >= 0.3 is 0 Å². The molecule has 2 aromatic carbocycles. The first-order valence-electron chi connectivity index (χ1n) is 6.97. The van der Waals surface area contributed by atoms with Gasteiger partial charge in [-0.3, -0.25) is 0 Å². The van der Waals surface area contributed by atoms with Gasteiger partial charge in [0, 0.05) is 6.04 Å². The van der Waals surface area contributed by atoms with Crippen molar-refractivity contribution in [3.8, 4) is 16.9 Å². The van der Waals surface area contributed by atoms with E-state index in [1.54, 1.807) is 7.11 Å². The summed E-state index contributed by atoms with van der Waals surface area (Å²) >= 11 is 0. The lowest BCUT2D eigenvalue weighted by Gasteiger charge is -2.07. The highest BCUT2D eigenvalue weighted by Crippen LogP contribution is 2.29. The first-order valence-corrected chi connectivity index (χ1v) is 6.97. The number of ether oxygens (including phenoxy) is 1. The SMILES string of the molecule is COc1cccc(-c2ccc(C3=CC(N)CC3)cc2)c1. The molecule has 2 heteroatoms. The molecule has 2 nitrogen and oxygen atoms in total. The highest BCUT2D eigenvalue weighted by molar-refractivity contribution is 5.72. The van der Waals surface area contributed by atoms with Gasteiger partial charge in [0.15, 0.2) is 0 Å². The molecule has 0 saturated heterocycles. The van der Waals surface area contributed by atoms with Crippen LogP contribution in [0.3, 0.4) is 0 Å². The molecule has 2 aromatic rings. The van der Waals surface area contributed by atoms with Crippen LogP contribution < -0.4 is 10.5 Å². The first kappa shape index (κ1) is 12.9. The van der Waals surface area contributed by atoms with E-state index in [1.165, 1.54) is 22.3 Å². The molecule has 1 aliphatic carbocycles. The van der Waals surface area contributed by atoms with Gasteiger partial charge in [0.2, 0.25) is 0 Å². The fourth-order valence-electron chi connectivity index (χ4n) is 2.67. The Kier molecular flexibility index (Phi) is 3.57. The number of benzene rings is 2. The molecule has 1 unspecified atom stereocenters. The van der Waals surface area contributed by atoms with E-state index in [0.717, 1.165) is 18.6 Å². The Balaban J connectivity index is 1.87. The molecule has 0 fully saturated rings. The van der Waals surface area contributed by atoms with Gasteiger partial charge in [0.25, 0.3) is 0 Å². The van der Waals surface area contributed by atoms with Gasteiger partial charge in [0.1, 0.15) is 5.75 Å². The van der Waals surface area contributed by atoms with Gasteiger partial charge in [-0.15, -0.1) is 0 Å². The van der Waals surface area contributed by atoms with Crippen molar-refractivity contribution in [2.75, 3.05) is 7.11 Å². The van der Waals surface area contributed by atoms with E-state index in [9.17, 15) is 0 Å². The highest BCUT2D eigenvalue weighted by Gasteiger charge is 2.13. The molecule has 0 aliphatic heterocycles. The van der Waals surface area contributed by atoms with E-state index in [1.807, 2.05) is 12.1 Å². The third-order valence-corrected chi connectivity index (χ3v) is 3.82. The molecule has 0 amide bonds. The zero-order chi connectivity index (χ0) is 13.9. The lowest BCUT2D eigenvalue weighted by molar-refractivity contribution is 0.415. The summed E-state index contributed by atoms with van der Waals surface area (Å²) in [5.41, 5.74) is 11.0. The Bertz CT molecular complexity index is 628. The number of hydrogen-bond acceptors (Lipinski definition) is 2. The van der Waals surface area contributed by atoms with Gasteiger partial charge in [-0.25, -0.2) is 0 Å². The average Bonchev–Trinajstić information content (AvgIpc) is 2.94. The normalized spacial score (nSPS) is 17.9. The standard InChI is InChI=1S/C18H19NO/c1-20-18-4-2-3-15(12-18)13-5-7-14(8-6-13)16-9-10-17(19)11-16/h2-8,11-12,17H,9-10,19H2,1H3. The maximum atomic E-state index is 5.93. The van der Waals surface area contributed by atoms with Crippen LogP contribution in [-0.2, 0) is 0 Å². The molecule has 1 aliphatic rings. The Morgan fingerprint density at radius 1 is 1.00 bits per heavy atom. The summed E-state index contributed by atoms with van der Waals surface area (Å²) in [6, 6.07) is 17.0. The maximum Gasteiger partial charge on any atom is 0.119 e. The van der Waals surface area contributed by atoms with Gasteiger partial charge in [-0.05, 0) is 47.2 Å². The molecule has 102 valence electrons. The van der Waals surface area contributed by atoms with Crippen molar-refractivity contribution in [2.45, 2.75) is 18.9 Å². The number of allylic oxidation sites excluding steroid dienone is 1. The summed E-state index contributed by atoms with van der Waals surface area (Å²) in [5.74, 6) is 0.885. The predicted octanol–water partition coefficient (Wildman–Crippen LogP) is 3.87. The van der Waals surface area contributed by atoms with Crippen molar-refractivity contribution < 1.29 is 4.74 Å². The Morgan fingerprint density at radius 3 is 2.40 bits per heavy atom. The second kappa shape index (κ2) is 5.51. The molecule has 1 atom stereocenters. The fourth-order valence-corrected chi connectivity index (χ4v) is 2.67. The number of rotatable bonds is 3. The quantitative estimate of drug-likeness (QED) is 0.914. The largest absolute Gasteiger partial charge is 0.497 e. The van der Waals surface area contributed by atoms with Crippen LogP contribution >= 0.6 is 0 Å². The van der Waals surface area contributed by atoms with E-state index in [4.69, 9.17) is 10.5 Å². The first-order chi connectivity index (χ1) is 9.76. The zero-order valence-corrected chi connectivity index (χ0v) is 11.7. The van der Waals surface area contributed by atoms with E-state index in [0.29, 0.717) is 0 Å². The number of hydrogen-bond donors (Lipinski definition) is 1. The minimum atomic E-state index is 0.225. The van der Waals surface area contributed by atoms with Gasteiger partial charge in [-0.2, -0.15) is 0 Å². The predicted molar refractivity (Wildman–Crippen MR) is 83.6 cm³/mol. The van der Waals surface area contributed by atoms with E-state index < -0.39 is 0 Å². The van der Waals surface area contributed by atoms with Crippen LogP contribution in [-0.4, -0.2) is 13.2 Å². The van der Waals surface area contributed by atoms with Crippen molar-refractivity contribution in [1.82, 2.24) is 0 Å². The molecule has 3 rings (SSSR count). The van der Waals surface area contributed by atoms with Gasteiger partial charge in [-0.1, -0.05) is 42.5 Å². The molecule has 0 bridgehead atoms. The van der Waals surface area contributed by atoms with E-state index in [2.05, 4.69) is 42.5 Å². The summed E-state index contributed by atoms with van der Waals surface area (Å²) in [6.07, 6.45) is 4.33. The minimum absolute atomic E-state index is 0.225. The molecule has 2 N–H and O–H groups in total. The maximum absolute atomic E-state index is 5.93. The third kappa shape index (κ3) is 2.61. The minimum Gasteiger partial charge on any atom is -0.497 e. The van der Waals surface area contributed by atoms with E-state index in [-0.39, 0.29) is 6.04 Å². The molecule has 0 radical (unpaired) electrons. The van der Waals surface area contributed by atoms with Crippen molar-refractivity contribution in [1.29, 1.82) is 0 Å². The van der Waals surface area contributed by atoms with Crippen molar-refractivity contribution in [3.05, 3.63) is 60.2 Å². The Morgan fingerprint density at radius 2 is 1.75 bits per heavy atom.